The van der Waals surface area contributed by atoms with Gasteiger partial charge in [-0.05, 0) is 31.2 Å². The van der Waals surface area contributed by atoms with Gasteiger partial charge in [0.25, 0.3) is 5.91 Å². The van der Waals surface area contributed by atoms with Gasteiger partial charge in [-0.2, -0.15) is 0 Å². The number of carbonyl (C=O) groups excluding carboxylic acids is 1. The molecule has 2 N–H and O–H groups in total. The minimum atomic E-state index is -0.229. The zero-order chi connectivity index (χ0) is 17.9. The molecule has 26 heavy (non-hydrogen) atoms. The minimum Gasteiger partial charge on any atom is -0.494 e. The number of hydrogen-bond donors (Lipinski definition) is 2. The van der Waals surface area contributed by atoms with Gasteiger partial charge in [0, 0.05) is 40.7 Å². The van der Waals surface area contributed by atoms with Gasteiger partial charge < -0.3 is 19.5 Å². The van der Waals surface area contributed by atoms with Crippen molar-refractivity contribution in [1.82, 2.24) is 9.97 Å². The lowest BCUT2D eigenvalue weighted by Gasteiger charge is -2.08. The lowest BCUT2D eigenvalue weighted by molar-refractivity contribution is 0.102. The Hall–Kier alpha value is -3.54. The highest BCUT2D eigenvalue weighted by atomic mass is 16.5. The Labute approximate surface area is 149 Å². The highest BCUT2D eigenvalue weighted by molar-refractivity contribution is 6.07. The molecule has 3 heterocycles. The maximum Gasteiger partial charge on any atom is 0.257 e. The molecule has 1 aromatic carbocycles. The summed E-state index contributed by atoms with van der Waals surface area (Å²) in [6.07, 6.45) is 6.69. The maximum absolute atomic E-state index is 12.6. The van der Waals surface area contributed by atoms with Crippen LogP contribution in [0.1, 0.15) is 17.3 Å². The first-order valence-corrected chi connectivity index (χ1v) is 8.28. The molecule has 0 radical (unpaired) electrons. The second kappa shape index (κ2) is 6.76. The molecule has 0 unspecified atom stereocenters. The molecule has 0 aliphatic rings. The molecule has 0 spiro atoms. The fourth-order valence-electron chi connectivity index (χ4n) is 2.82. The smallest absolute Gasteiger partial charge is 0.257 e. The molecule has 130 valence electrons. The van der Waals surface area contributed by atoms with Crippen LogP contribution >= 0.6 is 0 Å². The predicted octanol–water partition coefficient (Wildman–Crippen LogP) is 4.47. The zero-order valence-corrected chi connectivity index (χ0v) is 14.2. The molecule has 0 saturated carbocycles. The summed E-state index contributed by atoms with van der Waals surface area (Å²) < 4.78 is 10.6. The number of pyridine rings is 1. The van der Waals surface area contributed by atoms with Crippen molar-refractivity contribution in [2.75, 3.05) is 11.9 Å². The molecule has 6 heteroatoms. The van der Waals surface area contributed by atoms with E-state index in [2.05, 4.69) is 15.3 Å². The lowest BCUT2D eigenvalue weighted by atomic mass is 10.1. The number of aromatic amines is 1. The van der Waals surface area contributed by atoms with E-state index in [9.17, 15) is 4.79 Å². The van der Waals surface area contributed by atoms with E-state index in [0.29, 0.717) is 23.6 Å². The van der Waals surface area contributed by atoms with Crippen LogP contribution in [0.4, 0.5) is 5.69 Å². The van der Waals surface area contributed by atoms with Crippen molar-refractivity contribution >= 4 is 22.6 Å². The summed E-state index contributed by atoms with van der Waals surface area (Å²) in [6, 6.07) is 11.0. The van der Waals surface area contributed by atoms with E-state index in [1.54, 1.807) is 24.8 Å². The first-order valence-electron chi connectivity index (χ1n) is 8.28. The van der Waals surface area contributed by atoms with Crippen LogP contribution in [0.5, 0.6) is 5.75 Å². The Balaban J connectivity index is 1.63. The van der Waals surface area contributed by atoms with Crippen molar-refractivity contribution in [2.45, 2.75) is 6.92 Å². The summed E-state index contributed by atoms with van der Waals surface area (Å²) in [5.74, 6) is 0.485. The number of benzene rings is 1. The summed E-state index contributed by atoms with van der Waals surface area (Å²) in [5.41, 5.74) is 3.74. The molecular weight excluding hydrogens is 330 g/mol. The van der Waals surface area contributed by atoms with Crippen molar-refractivity contribution in [3.05, 3.63) is 66.9 Å². The van der Waals surface area contributed by atoms with Crippen LogP contribution in [-0.4, -0.2) is 22.5 Å². The number of H-pyrrole nitrogens is 1. The molecule has 0 fully saturated rings. The molecule has 4 rings (SSSR count). The third-order valence-corrected chi connectivity index (χ3v) is 4.03. The number of furan rings is 1. The van der Waals surface area contributed by atoms with Crippen molar-refractivity contribution in [2.24, 2.45) is 0 Å². The molecule has 0 saturated heterocycles. The van der Waals surface area contributed by atoms with Crippen LogP contribution < -0.4 is 10.1 Å². The summed E-state index contributed by atoms with van der Waals surface area (Å²) >= 11 is 0. The van der Waals surface area contributed by atoms with Gasteiger partial charge in [-0.1, -0.05) is 6.07 Å². The van der Waals surface area contributed by atoms with Gasteiger partial charge in [0.05, 0.1) is 24.7 Å². The van der Waals surface area contributed by atoms with E-state index in [-0.39, 0.29) is 5.91 Å². The molecule has 4 aromatic rings. The van der Waals surface area contributed by atoms with Crippen LogP contribution in [0.2, 0.25) is 0 Å². The van der Waals surface area contributed by atoms with E-state index in [1.807, 2.05) is 43.5 Å². The van der Waals surface area contributed by atoms with Crippen LogP contribution in [0.3, 0.4) is 0 Å². The van der Waals surface area contributed by atoms with Gasteiger partial charge in [-0.25, -0.2) is 4.98 Å². The predicted molar refractivity (Wildman–Crippen MR) is 99.4 cm³/mol. The monoisotopic (exact) mass is 347 g/mol. The number of rotatable bonds is 5. The number of anilines is 1. The van der Waals surface area contributed by atoms with Gasteiger partial charge in [0.1, 0.15) is 11.4 Å². The van der Waals surface area contributed by atoms with Gasteiger partial charge in [-0.3, -0.25) is 4.79 Å². The largest absolute Gasteiger partial charge is 0.494 e. The highest BCUT2D eigenvalue weighted by Crippen LogP contribution is 2.28. The molecular formula is C20H17N3O3. The third kappa shape index (κ3) is 3.04. The molecule has 0 aliphatic heterocycles. The summed E-state index contributed by atoms with van der Waals surface area (Å²) in [6.45, 7) is 2.49. The third-order valence-electron chi connectivity index (χ3n) is 4.03. The highest BCUT2D eigenvalue weighted by Gasteiger charge is 2.13. The number of nitrogens with zero attached hydrogens (tertiary/aromatic N) is 1. The second-order valence-corrected chi connectivity index (χ2v) is 5.75. The van der Waals surface area contributed by atoms with Gasteiger partial charge in [0.2, 0.25) is 0 Å². The molecule has 1 amide bonds. The van der Waals surface area contributed by atoms with E-state index >= 15 is 0 Å². The second-order valence-electron chi connectivity index (χ2n) is 5.75. The van der Waals surface area contributed by atoms with Crippen LogP contribution in [0, 0.1) is 0 Å². The Bertz CT molecular complexity index is 1050. The molecule has 6 nitrogen and oxygen atoms in total. The first-order chi connectivity index (χ1) is 12.7. The van der Waals surface area contributed by atoms with Crippen molar-refractivity contribution in [1.29, 1.82) is 0 Å². The topological polar surface area (TPSA) is 80.1 Å². The van der Waals surface area contributed by atoms with Gasteiger partial charge >= 0.3 is 0 Å². The van der Waals surface area contributed by atoms with Crippen molar-refractivity contribution in [3.8, 4) is 16.9 Å². The van der Waals surface area contributed by atoms with E-state index in [1.165, 1.54) is 0 Å². The number of amides is 1. The maximum atomic E-state index is 12.6. The number of ether oxygens (including phenoxy) is 1. The summed E-state index contributed by atoms with van der Waals surface area (Å²) in [5, 5.41) is 3.74. The Kier molecular flexibility index (Phi) is 4.15. The molecule has 3 aromatic heterocycles. The number of fused-ring (bicyclic) bond motifs is 1. The standard InChI is InChI=1S/C20H17N3O3/c1-2-26-16-5-3-4-15(9-16)23-20(24)14-8-17-18(13-6-7-25-12-13)11-22-19(17)21-10-14/h3-12H,2H2,1H3,(H,21,22)(H,23,24). The van der Waals surface area contributed by atoms with Gasteiger partial charge in [0.15, 0.2) is 0 Å². The average molecular weight is 347 g/mol. The van der Waals surface area contributed by atoms with E-state index in [0.717, 1.165) is 22.2 Å². The zero-order valence-electron chi connectivity index (χ0n) is 14.2. The van der Waals surface area contributed by atoms with E-state index in [4.69, 9.17) is 9.15 Å². The fraction of sp³-hybridized carbons (Fsp3) is 0.100. The molecule has 0 bridgehead atoms. The lowest BCUT2D eigenvalue weighted by Crippen LogP contribution is -2.12. The number of carbonyl (C=O) groups is 1. The van der Waals surface area contributed by atoms with Crippen LogP contribution in [0.25, 0.3) is 22.2 Å². The Morgan fingerprint density at radius 1 is 1.31 bits per heavy atom. The van der Waals surface area contributed by atoms with Crippen molar-refractivity contribution < 1.29 is 13.9 Å². The average Bonchev–Trinajstić information content (AvgIpc) is 3.31. The van der Waals surface area contributed by atoms with Crippen LogP contribution in [0.15, 0.2) is 65.7 Å². The SMILES string of the molecule is CCOc1cccc(NC(=O)c2cnc3[nH]cc(-c4ccoc4)c3c2)c1. The summed E-state index contributed by atoms with van der Waals surface area (Å²) in [7, 11) is 0. The Morgan fingerprint density at radius 3 is 3.04 bits per heavy atom. The first kappa shape index (κ1) is 16.0. The quantitative estimate of drug-likeness (QED) is 0.558. The Morgan fingerprint density at radius 2 is 2.23 bits per heavy atom. The normalized spacial score (nSPS) is 10.8. The van der Waals surface area contributed by atoms with Crippen molar-refractivity contribution in [3.63, 3.8) is 0 Å². The summed E-state index contributed by atoms with van der Waals surface area (Å²) in [4.78, 5) is 20.1. The molecule has 0 aliphatic carbocycles. The minimum absolute atomic E-state index is 0.229. The number of nitrogens with one attached hydrogen (secondary N) is 2. The van der Waals surface area contributed by atoms with Crippen LogP contribution in [-0.2, 0) is 0 Å². The number of aromatic nitrogens is 2. The van der Waals surface area contributed by atoms with Gasteiger partial charge in [-0.15, -0.1) is 0 Å². The number of hydrogen-bond acceptors (Lipinski definition) is 4. The molecule has 0 atom stereocenters. The van der Waals surface area contributed by atoms with E-state index < -0.39 is 0 Å². The fourth-order valence-corrected chi connectivity index (χ4v) is 2.82.